The standard InChI is InChI=1S/C15H12BrN3/c1-8-5-9(17)7-19-13-6-11-10(3-2-4-12(11)16)14(13)18-15(8)19/h2-5,7H,6,17H2,1H3. The largest absolute Gasteiger partial charge is 0.398 e. The highest BCUT2D eigenvalue weighted by Gasteiger charge is 2.26. The molecule has 2 N–H and O–H groups in total. The van der Waals surface area contributed by atoms with Gasteiger partial charge in [0.25, 0.3) is 0 Å². The monoisotopic (exact) mass is 313 g/mol. The number of hydrogen-bond donors (Lipinski definition) is 1. The van der Waals surface area contributed by atoms with Gasteiger partial charge in [0.05, 0.1) is 11.4 Å². The van der Waals surface area contributed by atoms with E-state index in [2.05, 4.69) is 45.5 Å². The molecule has 0 amide bonds. The summed E-state index contributed by atoms with van der Waals surface area (Å²) >= 11 is 3.62. The number of aromatic nitrogens is 2. The van der Waals surface area contributed by atoms with Gasteiger partial charge in [-0.3, -0.25) is 0 Å². The maximum Gasteiger partial charge on any atom is 0.140 e. The topological polar surface area (TPSA) is 43.3 Å². The van der Waals surface area contributed by atoms with E-state index in [1.807, 2.05) is 12.3 Å². The number of anilines is 1. The molecule has 0 aliphatic heterocycles. The van der Waals surface area contributed by atoms with Crippen LogP contribution in [0.1, 0.15) is 16.8 Å². The first-order valence-corrected chi connectivity index (χ1v) is 6.99. The average molecular weight is 314 g/mol. The summed E-state index contributed by atoms with van der Waals surface area (Å²) in [4.78, 5) is 4.80. The van der Waals surface area contributed by atoms with Gasteiger partial charge in [-0.05, 0) is 30.2 Å². The summed E-state index contributed by atoms with van der Waals surface area (Å²) in [7, 11) is 0. The molecule has 94 valence electrons. The number of nitrogens with zero attached hydrogens (tertiary/aromatic N) is 2. The van der Waals surface area contributed by atoms with Crippen LogP contribution in [0.25, 0.3) is 16.9 Å². The minimum atomic E-state index is 0.778. The summed E-state index contributed by atoms with van der Waals surface area (Å²) in [5.41, 5.74) is 13.7. The zero-order chi connectivity index (χ0) is 13.1. The third-order valence-electron chi connectivity index (χ3n) is 3.74. The lowest BCUT2D eigenvalue weighted by atomic mass is 10.1. The third kappa shape index (κ3) is 1.40. The number of benzene rings is 1. The van der Waals surface area contributed by atoms with Gasteiger partial charge in [-0.1, -0.05) is 28.1 Å². The smallest absolute Gasteiger partial charge is 0.140 e. The molecule has 0 bridgehead atoms. The van der Waals surface area contributed by atoms with Gasteiger partial charge < -0.3 is 10.1 Å². The molecular formula is C15H12BrN3. The molecule has 4 heteroatoms. The molecule has 0 saturated heterocycles. The fourth-order valence-electron chi connectivity index (χ4n) is 2.90. The van der Waals surface area contributed by atoms with Crippen molar-refractivity contribution < 1.29 is 0 Å². The van der Waals surface area contributed by atoms with Gasteiger partial charge >= 0.3 is 0 Å². The van der Waals surface area contributed by atoms with Gasteiger partial charge in [-0.25, -0.2) is 4.98 Å². The van der Waals surface area contributed by atoms with Crippen molar-refractivity contribution in [1.82, 2.24) is 9.38 Å². The minimum absolute atomic E-state index is 0.778. The van der Waals surface area contributed by atoms with E-state index in [0.717, 1.165) is 33.5 Å². The van der Waals surface area contributed by atoms with Crippen molar-refractivity contribution in [3.8, 4) is 11.3 Å². The number of imidazole rings is 1. The predicted molar refractivity (Wildman–Crippen MR) is 80.3 cm³/mol. The van der Waals surface area contributed by atoms with Gasteiger partial charge in [-0.2, -0.15) is 0 Å². The second-order valence-electron chi connectivity index (χ2n) is 5.00. The van der Waals surface area contributed by atoms with Gasteiger partial charge in [0.2, 0.25) is 0 Å². The number of rotatable bonds is 0. The van der Waals surface area contributed by atoms with Crippen LogP contribution >= 0.6 is 15.9 Å². The Kier molecular flexibility index (Phi) is 2.10. The maximum atomic E-state index is 5.96. The molecule has 1 aromatic carbocycles. The fraction of sp³-hybridized carbons (Fsp3) is 0.133. The summed E-state index contributed by atoms with van der Waals surface area (Å²) in [6, 6.07) is 8.25. The second-order valence-corrected chi connectivity index (χ2v) is 5.85. The van der Waals surface area contributed by atoms with Gasteiger partial charge in [0, 0.05) is 28.3 Å². The van der Waals surface area contributed by atoms with Crippen LogP contribution in [0.2, 0.25) is 0 Å². The number of fused-ring (bicyclic) bond motifs is 5. The molecule has 4 rings (SSSR count). The average Bonchev–Trinajstić information content (AvgIpc) is 2.88. The predicted octanol–water partition coefficient (Wildman–Crippen LogP) is 3.56. The van der Waals surface area contributed by atoms with Crippen molar-refractivity contribution >= 4 is 27.3 Å². The van der Waals surface area contributed by atoms with Crippen LogP contribution in [-0.2, 0) is 6.42 Å². The third-order valence-corrected chi connectivity index (χ3v) is 4.49. The highest BCUT2D eigenvalue weighted by molar-refractivity contribution is 9.10. The Morgan fingerprint density at radius 2 is 2.21 bits per heavy atom. The number of pyridine rings is 1. The van der Waals surface area contributed by atoms with E-state index in [0.29, 0.717) is 0 Å². The van der Waals surface area contributed by atoms with Crippen molar-refractivity contribution in [3.05, 3.63) is 51.8 Å². The van der Waals surface area contributed by atoms with Crippen molar-refractivity contribution in [1.29, 1.82) is 0 Å². The van der Waals surface area contributed by atoms with Crippen molar-refractivity contribution in [3.63, 3.8) is 0 Å². The zero-order valence-corrected chi connectivity index (χ0v) is 12.0. The highest BCUT2D eigenvalue weighted by Crippen LogP contribution is 2.40. The number of aryl methyl sites for hydroxylation is 1. The first-order valence-electron chi connectivity index (χ1n) is 6.20. The van der Waals surface area contributed by atoms with E-state index in [9.17, 15) is 0 Å². The summed E-state index contributed by atoms with van der Waals surface area (Å²) < 4.78 is 3.28. The molecule has 1 aliphatic rings. The molecule has 0 saturated carbocycles. The van der Waals surface area contributed by atoms with Crippen molar-refractivity contribution in [2.24, 2.45) is 0 Å². The lowest BCUT2D eigenvalue weighted by molar-refractivity contribution is 1.04. The van der Waals surface area contributed by atoms with E-state index < -0.39 is 0 Å². The van der Waals surface area contributed by atoms with Crippen molar-refractivity contribution in [2.75, 3.05) is 5.73 Å². The Bertz CT molecular complexity index is 833. The molecule has 0 spiro atoms. The Labute approximate surface area is 119 Å². The SMILES string of the molecule is Cc1cc(N)cn2c3c(nc12)-c1cccc(Br)c1C3. The van der Waals surface area contributed by atoms with E-state index in [-0.39, 0.29) is 0 Å². The molecule has 1 aliphatic carbocycles. The van der Waals surface area contributed by atoms with E-state index in [4.69, 9.17) is 10.7 Å². The lowest BCUT2D eigenvalue weighted by Crippen LogP contribution is -1.97. The number of nitrogen functional groups attached to an aromatic ring is 1. The molecule has 3 aromatic rings. The molecule has 0 fully saturated rings. The number of nitrogens with two attached hydrogens (primary N) is 1. The molecule has 2 aromatic heterocycles. The first-order chi connectivity index (χ1) is 9.15. The normalized spacial score (nSPS) is 12.7. The summed E-state index contributed by atoms with van der Waals surface area (Å²) in [5.74, 6) is 0. The van der Waals surface area contributed by atoms with Crippen LogP contribution < -0.4 is 5.73 Å². The first kappa shape index (κ1) is 11.1. The van der Waals surface area contributed by atoms with Crippen LogP contribution in [0.4, 0.5) is 5.69 Å². The quantitative estimate of drug-likeness (QED) is 0.539. The number of hydrogen-bond acceptors (Lipinski definition) is 2. The number of halogens is 1. The summed E-state index contributed by atoms with van der Waals surface area (Å²) in [5, 5.41) is 0. The summed E-state index contributed by atoms with van der Waals surface area (Å²) in [6.45, 7) is 2.05. The van der Waals surface area contributed by atoms with Crippen LogP contribution in [-0.4, -0.2) is 9.38 Å². The molecule has 0 unspecified atom stereocenters. The second kappa shape index (κ2) is 3.61. The Morgan fingerprint density at radius 1 is 1.37 bits per heavy atom. The Morgan fingerprint density at radius 3 is 3.05 bits per heavy atom. The Hall–Kier alpha value is -1.81. The minimum Gasteiger partial charge on any atom is -0.398 e. The van der Waals surface area contributed by atoms with Crippen LogP contribution in [0.5, 0.6) is 0 Å². The molecule has 2 heterocycles. The Balaban J connectivity index is 2.10. The van der Waals surface area contributed by atoms with Gasteiger partial charge in [-0.15, -0.1) is 0 Å². The molecule has 19 heavy (non-hydrogen) atoms. The molecule has 0 radical (unpaired) electrons. The van der Waals surface area contributed by atoms with Crippen LogP contribution in [0, 0.1) is 6.92 Å². The lowest BCUT2D eigenvalue weighted by Gasteiger charge is -2.05. The molecule has 0 atom stereocenters. The fourth-order valence-corrected chi connectivity index (χ4v) is 3.40. The van der Waals surface area contributed by atoms with E-state index in [1.54, 1.807) is 0 Å². The van der Waals surface area contributed by atoms with E-state index >= 15 is 0 Å². The van der Waals surface area contributed by atoms with Crippen LogP contribution in [0.15, 0.2) is 34.9 Å². The zero-order valence-electron chi connectivity index (χ0n) is 10.4. The van der Waals surface area contributed by atoms with Gasteiger partial charge in [0.1, 0.15) is 5.65 Å². The maximum absolute atomic E-state index is 5.96. The molecular weight excluding hydrogens is 302 g/mol. The van der Waals surface area contributed by atoms with Crippen molar-refractivity contribution in [2.45, 2.75) is 13.3 Å². The molecule has 3 nitrogen and oxygen atoms in total. The van der Waals surface area contributed by atoms with Gasteiger partial charge in [0.15, 0.2) is 0 Å². The van der Waals surface area contributed by atoms with Crippen LogP contribution in [0.3, 0.4) is 0 Å². The summed E-state index contributed by atoms with van der Waals surface area (Å²) in [6.07, 6.45) is 2.87. The van der Waals surface area contributed by atoms with E-state index in [1.165, 1.54) is 16.8 Å². The highest BCUT2D eigenvalue weighted by atomic mass is 79.9.